The van der Waals surface area contributed by atoms with Crippen LogP contribution in [0.4, 0.5) is 0 Å². The Kier molecular flexibility index (Phi) is 5.63. The molecule has 1 aliphatic rings. The van der Waals surface area contributed by atoms with Crippen LogP contribution in [-0.4, -0.2) is 50.6 Å². The summed E-state index contributed by atoms with van der Waals surface area (Å²) in [5, 5.41) is 8.00. The monoisotopic (exact) mass is 381 g/mol. The second-order valence-electron chi connectivity index (χ2n) is 7.29. The van der Waals surface area contributed by atoms with Crippen LogP contribution in [0.5, 0.6) is 0 Å². The number of aromatic nitrogens is 3. The molecular formula is C21H27N5O2. The Morgan fingerprint density at radius 2 is 2.00 bits per heavy atom. The van der Waals surface area contributed by atoms with Gasteiger partial charge in [-0.05, 0) is 32.8 Å². The fourth-order valence-electron chi connectivity index (χ4n) is 3.41. The van der Waals surface area contributed by atoms with Gasteiger partial charge in [0.2, 0.25) is 5.91 Å². The van der Waals surface area contributed by atoms with Crippen molar-refractivity contribution in [3.63, 3.8) is 0 Å². The van der Waals surface area contributed by atoms with Crippen molar-refractivity contribution >= 4 is 22.8 Å². The van der Waals surface area contributed by atoms with E-state index in [1.54, 1.807) is 28.7 Å². The van der Waals surface area contributed by atoms with E-state index in [1.165, 1.54) is 0 Å². The van der Waals surface area contributed by atoms with Crippen LogP contribution in [0, 0.1) is 6.92 Å². The summed E-state index contributed by atoms with van der Waals surface area (Å²) < 4.78 is 1.71. The number of hydrogen-bond donors (Lipinski definition) is 1. The average molecular weight is 381 g/mol. The van der Waals surface area contributed by atoms with Gasteiger partial charge in [0.1, 0.15) is 6.04 Å². The van der Waals surface area contributed by atoms with Crippen LogP contribution in [0.2, 0.25) is 0 Å². The minimum atomic E-state index is -0.669. The standard InChI is InChI=1S/C21H27N5O2/c1-6-10-26(11-7-2)21(28)14(4)22-20(27)16-12-17(15-8-9-15)23-19-18(16)13(3)24-25(19)5/h6-7,12,14-15H,1-2,8-11H2,3-5H3,(H,22,27). The normalized spacial score (nSPS) is 14.5. The maximum atomic E-state index is 13.1. The Morgan fingerprint density at radius 1 is 1.36 bits per heavy atom. The molecule has 0 aromatic carbocycles. The van der Waals surface area contributed by atoms with Gasteiger partial charge in [0, 0.05) is 31.7 Å². The van der Waals surface area contributed by atoms with E-state index in [0.29, 0.717) is 30.2 Å². The largest absolute Gasteiger partial charge is 0.340 e. The molecule has 7 heteroatoms. The van der Waals surface area contributed by atoms with Crippen LogP contribution in [0.3, 0.4) is 0 Å². The van der Waals surface area contributed by atoms with E-state index in [4.69, 9.17) is 4.98 Å². The highest BCUT2D eigenvalue weighted by Crippen LogP contribution is 2.40. The molecule has 0 aliphatic heterocycles. The zero-order valence-corrected chi connectivity index (χ0v) is 16.7. The van der Waals surface area contributed by atoms with Crippen LogP contribution < -0.4 is 5.32 Å². The first-order chi connectivity index (χ1) is 13.4. The average Bonchev–Trinajstić information content (AvgIpc) is 3.47. The van der Waals surface area contributed by atoms with Gasteiger partial charge in [0.15, 0.2) is 5.65 Å². The lowest BCUT2D eigenvalue weighted by Gasteiger charge is -2.24. The number of aryl methyl sites for hydroxylation is 2. The third kappa shape index (κ3) is 3.83. The van der Waals surface area contributed by atoms with Gasteiger partial charge in [-0.25, -0.2) is 4.98 Å². The lowest BCUT2D eigenvalue weighted by Crippen LogP contribution is -2.47. The molecule has 0 saturated heterocycles. The number of nitrogens with one attached hydrogen (secondary N) is 1. The molecule has 1 N–H and O–H groups in total. The predicted octanol–water partition coefficient (Wildman–Crippen LogP) is 2.47. The van der Waals surface area contributed by atoms with Gasteiger partial charge >= 0.3 is 0 Å². The van der Waals surface area contributed by atoms with E-state index in [0.717, 1.165) is 29.6 Å². The Balaban J connectivity index is 1.89. The number of carbonyl (C=O) groups is 2. The lowest BCUT2D eigenvalue weighted by atomic mass is 10.1. The second kappa shape index (κ2) is 7.96. The Morgan fingerprint density at radius 3 is 2.57 bits per heavy atom. The highest BCUT2D eigenvalue weighted by atomic mass is 16.2. The van der Waals surface area contributed by atoms with Crippen LogP contribution >= 0.6 is 0 Å². The van der Waals surface area contributed by atoms with Gasteiger partial charge in [0.05, 0.1) is 16.6 Å². The van der Waals surface area contributed by atoms with Gasteiger partial charge in [0.25, 0.3) is 5.91 Å². The zero-order chi connectivity index (χ0) is 20.4. The smallest absolute Gasteiger partial charge is 0.252 e. The molecule has 148 valence electrons. The molecule has 1 unspecified atom stereocenters. The second-order valence-corrected chi connectivity index (χ2v) is 7.29. The molecule has 2 heterocycles. The minimum absolute atomic E-state index is 0.177. The van der Waals surface area contributed by atoms with Gasteiger partial charge in [-0.1, -0.05) is 12.2 Å². The minimum Gasteiger partial charge on any atom is -0.340 e. The van der Waals surface area contributed by atoms with Gasteiger partial charge < -0.3 is 10.2 Å². The fraction of sp³-hybridized carbons (Fsp3) is 0.429. The van der Waals surface area contributed by atoms with Crippen LogP contribution in [-0.2, 0) is 11.8 Å². The summed E-state index contributed by atoms with van der Waals surface area (Å²) in [6.07, 6.45) is 5.49. The summed E-state index contributed by atoms with van der Waals surface area (Å²) in [5.41, 5.74) is 2.89. The Bertz CT molecular complexity index is 932. The van der Waals surface area contributed by atoms with Crippen molar-refractivity contribution in [3.05, 3.63) is 48.3 Å². The molecule has 28 heavy (non-hydrogen) atoms. The van der Waals surface area contributed by atoms with Gasteiger partial charge in [-0.2, -0.15) is 5.10 Å². The van der Waals surface area contributed by atoms with E-state index in [9.17, 15) is 9.59 Å². The third-order valence-electron chi connectivity index (χ3n) is 4.96. The van der Waals surface area contributed by atoms with E-state index in [1.807, 2.05) is 20.0 Å². The van der Waals surface area contributed by atoms with E-state index in [-0.39, 0.29) is 11.8 Å². The molecular weight excluding hydrogens is 354 g/mol. The highest BCUT2D eigenvalue weighted by molar-refractivity contribution is 6.07. The highest BCUT2D eigenvalue weighted by Gasteiger charge is 2.29. The summed E-state index contributed by atoms with van der Waals surface area (Å²) in [6, 6.07) is 1.18. The topological polar surface area (TPSA) is 80.1 Å². The summed E-state index contributed by atoms with van der Waals surface area (Å²) in [5.74, 6) is -0.0620. The first-order valence-electron chi connectivity index (χ1n) is 9.53. The number of amides is 2. The molecule has 7 nitrogen and oxygen atoms in total. The van der Waals surface area contributed by atoms with Crippen molar-refractivity contribution in [2.24, 2.45) is 7.05 Å². The van der Waals surface area contributed by atoms with Crippen molar-refractivity contribution in [2.75, 3.05) is 13.1 Å². The lowest BCUT2D eigenvalue weighted by molar-refractivity contribution is -0.131. The molecule has 1 fully saturated rings. The molecule has 1 atom stereocenters. The first-order valence-corrected chi connectivity index (χ1v) is 9.53. The predicted molar refractivity (Wildman–Crippen MR) is 109 cm³/mol. The number of fused-ring (bicyclic) bond motifs is 1. The van der Waals surface area contributed by atoms with Crippen molar-refractivity contribution in [1.82, 2.24) is 25.0 Å². The van der Waals surface area contributed by atoms with E-state index < -0.39 is 6.04 Å². The van der Waals surface area contributed by atoms with Gasteiger partial charge in [-0.15, -0.1) is 13.2 Å². The number of rotatable bonds is 8. The maximum Gasteiger partial charge on any atom is 0.252 e. The van der Waals surface area contributed by atoms with Gasteiger partial charge in [-0.3, -0.25) is 14.3 Å². The summed E-state index contributed by atoms with van der Waals surface area (Å²) in [6.45, 7) is 11.7. The molecule has 1 saturated carbocycles. The van der Waals surface area contributed by atoms with E-state index >= 15 is 0 Å². The fourth-order valence-corrected chi connectivity index (χ4v) is 3.41. The zero-order valence-electron chi connectivity index (χ0n) is 16.7. The summed E-state index contributed by atoms with van der Waals surface area (Å²) >= 11 is 0. The van der Waals surface area contributed by atoms with Crippen molar-refractivity contribution in [1.29, 1.82) is 0 Å². The quantitative estimate of drug-likeness (QED) is 0.713. The van der Waals surface area contributed by atoms with Crippen molar-refractivity contribution in [2.45, 2.75) is 38.6 Å². The molecule has 0 spiro atoms. The third-order valence-corrected chi connectivity index (χ3v) is 4.96. The maximum absolute atomic E-state index is 13.1. The van der Waals surface area contributed by atoms with E-state index in [2.05, 4.69) is 23.6 Å². The molecule has 2 amide bonds. The van der Waals surface area contributed by atoms with Crippen LogP contribution in [0.25, 0.3) is 11.0 Å². The van der Waals surface area contributed by atoms with Crippen LogP contribution in [0.15, 0.2) is 31.4 Å². The van der Waals surface area contributed by atoms with Crippen LogP contribution in [0.1, 0.15) is 47.4 Å². The Labute approximate surface area is 165 Å². The van der Waals surface area contributed by atoms with Crippen molar-refractivity contribution < 1.29 is 9.59 Å². The Hall–Kier alpha value is -2.96. The molecule has 1 aliphatic carbocycles. The number of pyridine rings is 1. The number of nitrogens with zero attached hydrogens (tertiary/aromatic N) is 4. The number of hydrogen-bond acceptors (Lipinski definition) is 4. The first kappa shape index (κ1) is 19.8. The summed E-state index contributed by atoms with van der Waals surface area (Å²) in [4.78, 5) is 32.1. The molecule has 3 rings (SSSR count). The molecule has 2 aromatic rings. The van der Waals surface area contributed by atoms with Crippen molar-refractivity contribution in [3.8, 4) is 0 Å². The molecule has 2 aromatic heterocycles. The molecule has 0 radical (unpaired) electrons. The SMILES string of the molecule is C=CCN(CC=C)C(=O)C(C)NC(=O)c1cc(C2CC2)nc2c1c(C)nn2C. The summed E-state index contributed by atoms with van der Waals surface area (Å²) in [7, 11) is 1.83. The number of carbonyl (C=O) groups excluding carboxylic acids is 2. The molecule has 0 bridgehead atoms.